The van der Waals surface area contributed by atoms with Crippen molar-refractivity contribution >= 4 is 17.7 Å². The normalized spacial score (nSPS) is 10.3. The third kappa shape index (κ3) is 5.28. The predicted molar refractivity (Wildman–Crippen MR) is 94.7 cm³/mol. The number of hydrogen-bond acceptors (Lipinski definition) is 3. The molecular formula is C20H21NO4. The number of carboxylic acid groups (broad SMARTS) is 1. The van der Waals surface area contributed by atoms with E-state index < -0.39 is 5.97 Å². The first-order chi connectivity index (χ1) is 11.9. The number of rotatable bonds is 7. The molecule has 130 valence electrons. The lowest BCUT2D eigenvalue weighted by Crippen LogP contribution is -2.23. The fraction of sp³-hybridized carbons (Fsp3) is 0.250. The van der Waals surface area contributed by atoms with Crippen LogP contribution in [0.2, 0.25) is 0 Å². The second kappa shape index (κ2) is 8.24. The van der Waals surface area contributed by atoms with E-state index in [1.165, 1.54) is 12.1 Å². The summed E-state index contributed by atoms with van der Waals surface area (Å²) in [6.45, 7) is 4.16. The maximum absolute atomic E-state index is 12.2. The van der Waals surface area contributed by atoms with Crippen LogP contribution in [0, 0.1) is 13.8 Å². The van der Waals surface area contributed by atoms with E-state index in [2.05, 4.69) is 5.32 Å². The average Bonchev–Trinajstić information content (AvgIpc) is 2.60. The molecule has 0 spiro atoms. The molecule has 0 aliphatic rings. The van der Waals surface area contributed by atoms with Crippen LogP contribution in [-0.4, -0.2) is 22.8 Å². The zero-order valence-electron chi connectivity index (χ0n) is 14.3. The van der Waals surface area contributed by atoms with Crippen LogP contribution < -0.4 is 5.32 Å². The second-order valence-electron chi connectivity index (χ2n) is 6.00. The number of benzene rings is 2. The maximum Gasteiger partial charge on any atom is 0.335 e. The van der Waals surface area contributed by atoms with E-state index in [0.29, 0.717) is 11.1 Å². The number of aromatic carboxylic acids is 1. The van der Waals surface area contributed by atoms with Crippen molar-refractivity contribution in [2.75, 3.05) is 0 Å². The molecule has 0 bridgehead atoms. The summed E-state index contributed by atoms with van der Waals surface area (Å²) in [4.78, 5) is 35.0. The number of amides is 1. The van der Waals surface area contributed by atoms with E-state index in [1.807, 2.05) is 26.0 Å². The van der Waals surface area contributed by atoms with E-state index in [-0.39, 0.29) is 36.6 Å². The Labute approximate surface area is 146 Å². The number of nitrogens with one attached hydrogen (secondary N) is 1. The predicted octanol–water partition coefficient (Wildman–Crippen LogP) is 3.28. The highest BCUT2D eigenvalue weighted by molar-refractivity contribution is 5.98. The fourth-order valence-corrected chi connectivity index (χ4v) is 2.39. The smallest absolute Gasteiger partial charge is 0.335 e. The minimum Gasteiger partial charge on any atom is -0.478 e. The molecule has 5 heteroatoms. The zero-order chi connectivity index (χ0) is 18.4. The molecule has 0 atom stereocenters. The summed E-state index contributed by atoms with van der Waals surface area (Å²) >= 11 is 0. The molecule has 0 heterocycles. The van der Waals surface area contributed by atoms with Gasteiger partial charge in [-0.3, -0.25) is 9.59 Å². The van der Waals surface area contributed by atoms with Crippen molar-refractivity contribution in [3.63, 3.8) is 0 Å². The van der Waals surface area contributed by atoms with Gasteiger partial charge in [0.15, 0.2) is 5.78 Å². The average molecular weight is 339 g/mol. The molecule has 1 amide bonds. The summed E-state index contributed by atoms with van der Waals surface area (Å²) in [5.74, 6) is -1.31. The largest absolute Gasteiger partial charge is 0.478 e. The van der Waals surface area contributed by atoms with E-state index in [1.54, 1.807) is 18.2 Å². The van der Waals surface area contributed by atoms with Gasteiger partial charge in [-0.05, 0) is 48.7 Å². The van der Waals surface area contributed by atoms with E-state index >= 15 is 0 Å². The van der Waals surface area contributed by atoms with Gasteiger partial charge in [-0.25, -0.2) is 4.79 Å². The lowest BCUT2D eigenvalue weighted by Gasteiger charge is -2.07. The van der Waals surface area contributed by atoms with Gasteiger partial charge in [0.2, 0.25) is 5.91 Å². The van der Waals surface area contributed by atoms with Crippen LogP contribution in [0.5, 0.6) is 0 Å². The summed E-state index contributed by atoms with van der Waals surface area (Å²) in [7, 11) is 0. The Morgan fingerprint density at radius 3 is 2.36 bits per heavy atom. The van der Waals surface area contributed by atoms with Crippen molar-refractivity contribution in [2.24, 2.45) is 0 Å². The zero-order valence-corrected chi connectivity index (χ0v) is 14.3. The summed E-state index contributed by atoms with van der Waals surface area (Å²) in [5, 5.41) is 11.7. The van der Waals surface area contributed by atoms with Crippen LogP contribution in [0.15, 0.2) is 42.5 Å². The third-order valence-corrected chi connectivity index (χ3v) is 4.07. The number of carbonyl (C=O) groups excluding carboxylic acids is 2. The second-order valence-corrected chi connectivity index (χ2v) is 6.00. The molecule has 2 rings (SSSR count). The van der Waals surface area contributed by atoms with Crippen LogP contribution in [0.1, 0.15) is 50.2 Å². The molecule has 5 nitrogen and oxygen atoms in total. The maximum atomic E-state index is 12.2. The van der Waals surface area contributed by atoms with Crippen LogP contribution in [0.4, 0.5) is 0 Å². The molecule has 2 N–H and O–H groups in total. The van der Waals surface area contributed by atoms with Gasteiger partial charge in [-0.2, -0.15) is 0 Å². The molecule has 0 saturated carbocycles. The quantitative estimate of drug-likeness (QED) is 0.758. The number of aryl methyl sites for hydroxylation is 2. The minimum atomic E-state index is -1.01. The summed E-state index contributed by atoms with van der Waals surface area (Å²) in [6, 6.07) is 11.9. The molecule has 0 aliphatic heterocycles. The number of Topliss-reactive ketones (excluding diaryl/α,β-unsaturated/α-hetero) is 1. The Balaban J connectivity index is 1.84. The molecule has 0 fully saturated rings. The Morgan fingerprint density at radius 1 is 0.920 bits per heavy atom. The highest BCUT2D eigenvalue weighted by Crippen LogP contribution is 2.12. The number of carbonyl (C=O) groups is 3. The van der Waals surface area contributed by atoms with Crippen molar-refractivity contribution in [2.45, 2.75) is 33.2 Å². The monoisotopic (exact) mass is 339 g/mol. The van der Waals surface area contributed by atoms with Crippen molar-refractivity contribution < 1.29 is 19.5 Å². The van der Waals surface area contributed by atoms with Gasteiger partial charge in [-0.15, -0.1) is 0 Å². The Kier molecular flexibility index (Phi) is 6.06. The van der Waals surface area contributed by atoms with Crippen LogP contribution >= 0.6 is 0 Å². The van der Waals surface area contributed by atoms with Gasteiger partial charge < -0.3 is 10.4 Å². The molecule has 25 heavy (non-hydrogen) atoms. The molecule has 0 radical (unpaired) electrons. The van der Waals surface area contributed by atoms with Gasteiger partial charge in [0.05, 0.1) is 5.56 Å². The first-order valence-electron chi connectivity index (χ1n) is 8.06. The number of carboxylic acids is 1. The van der Waals surface area contributed by atoms with Gasteiger partial charge in [0, 0.05) is 24.9 Å². The van der Waals surface area contributed by atoms with Gasteiger partial charge >= 0.3 is 5.97 Å². The van der Waals surface area contributed by atoms with Gasteiger partial charge in [0.25, 0.3) is 0 Å². The summed E-state index contributed by atoms with van der Waals surface area (Å²) in [6.07, 6.45) is 0.244. The number of ketones is 1. The SMILES string of the molecule is Cc1ccc(C(=O)CCC(=O)NCc2cccc(C(=O)O)c2)cc1C. The standard InChI is InChI=1S/C20H21NO4/c1-13-6-7-16(10-14(13)2)18(22)8-9-19(23)21-12-15-4-3-5-17(11-15)20(24)25/h3-7,10-11H,8-9,12H2,1-2H3,(H,21,23)(H,24,25). The van der Waals surface area contributed by atoms with Gasteiger partial charge in [0.1, 0.15) is 0 Å². The highest BCUT2D eigenvalue weighted by Gasteiger charge is 2.10. The lowest BCUT2D eigenvalue weighted by molar-refractivity contribution is -0.121. The molecule has 2 aromatic rings. The highest BCUT2D eigenvalue weighted by atomic mass is 16.4. The Bertz CT molecular complexity index is 811. The summed E-state index contributed by atoms with van der Waals surface area (Å²) in [5.41, 5.74) is 3.67. The molecule has 0 aliphatic carbocycles. The van der Waals surface area contributed by atoms with Crippen molar-refractivity contribution in [1.29, 1.82) is 0 Å². The summed E-state index contributed by atoms with van der Waals surface area (Å²) < 4.78 is 0. The fourth-order valence-electron chi connectivity index (χ4n) is 2.39. The first-order valence-corrected chi connectivity index (χ1v) is 8.06. The first kappa shape index (κ1) is 18.4. The van der Waals surface area contributed by atoms with Crippen LogP contribution in [-0.2, 0) is 11.3 Å². The van der Waals surface area contributed by atoms with Crippen molar-refractivity contribution in [3.05, 3.63) is 70.3 Å². The molecule has 0 aromatic heterocycles. The Morgan fingerprint density at radius 2 is 1.68 bits per heavy atom. The Hall–Kier alpha value is -2.95. The molecule has 0 saturated heterocycles. The van der Waals surface area contributed by atoms with Crippen LogP contribution in [0.25, 0.3) is 0 Å². The molecule has 0 unspecified atom stereocenters. The van der Waals surface area contributed by atoms with E-state index in [4.69, 9.17) is 5.11 Å². The number of hydrogen-bond donors (Lipinski definition) is 2. The molecule has 2 aromatic carbocycles. The topological polar surface area (TPSA) is 83.5 Å². The van der Waals surface area contributed by atoms with E-state index in [0.717, 1.165) is 11.1 Å². The minimum absolute atomic E-state index is 0.0638. The van der Waals surface area contributed by atoms with Gasteiger partial charge in [-0.1, -0.05) is 24.3 Å². The molecular weight excluding hydrogens is 318 g/mol. The van der Waals surface area contributed by atoms with Crippen molar-refractivity contribution in [1.82, 2.24) is 5.32 Å². The van der Waals surface area contributed by atoms with Crippen LogP contribution in [0.3, 0.4) is 0 Å². The van der Waals surface area contributed by atoms with E-state index in [9.17, 15) is 14.4 Å². The van der Waals surface area contributed by atoms with Crippen molar-refractivity contribution in [3.8, 4) is 0 Å². The lowest BCUT2D eigenvalue weighted by atomic mass is 10.0. The third-order valence-electron chi connectivity index (χ3n) is 4.07.